The van der Waals surface area contributed by atoms with Crippen LogP contribution in [-0.4, -0.2) is 22.5 Å². The maximum absolute atomic E-state index is 12.6. The van der Waals surface area contributed by atoms with Crippen LogP contribution in [0.5, 0.6) is 0 Å². The SMILES string of the molecule is CCOC(=O)C1=C(C)Nc2nc(=O)[nH]c(N)c2C1c1ccccc1Cl. The van der Waals surface area contributed by atoms with Gasteiger partial charge in [-0.05, 0) is 25.5 Å². The normalized spacial score (nSPS) is 16.2. The van der Waals surface area contributed by atoms with Crippen LogP contribution in [0.15, 0.2) is 40.3 Å². The van der Waals surface area contributed by atoms with Gasteiger partial charge in [-0.25, -0.2) is 9.59 Å². The molecule has 3 rings (SSSR count). The van der Waals surface area contributed by atoms with Crippen molar-refractivity contribution < 1.29 is 9.53 Å². The van der Waals surface area contributed by atoms with Crippen LogP contribution in [0.4, 0.5) is 11.6 Å². The number of nitrogens with zero attached hydrogens (tertiary/aromatic N) is 1. The van der Waals surface area contributed by atoms with Crippen LogP contribution in [0.1, 0.15) is 30.9 Å². The lowest BCUT2D eigenvalue weighted by molar-refractivity contribution is -0.138. The number of rotatable bonds is 3. The minimum absolute atomic E-state index is 0.127. The molecule has 0 radical (unpaired) electrons. The van der Waals surface area contributed by atoms with Crippen molar-refractivity contribution in [3.63, 3.8) is 0 Å². The van der Waals surface area contributed by atoms with Crippen molar-refractivity contribution >= 4 is 29.2 Å². The van der Waals surface area contributed by atoms with Crippen LogP contribution in [0.3, 0.4) is 0 Å². The van der Waals surface area contributed by atoms with E-state index in [4.69, 9.17) is 22.1 Å². The van der Waals surface area contributed by atoms with Gasteiger partial charge < -0.3 is 15.8 Å². The van der Waals surface area contributed by atoms with E-state index in [2.05, 4.69) is 15.3 Å². The summed E-state index contributed by atoms with van der Waals surface area (Å²) in [5, 5.41) is 3.45. The number of aromatic amines is 1. The number of hydrogen-bond acceptors (Lipinski definition) is 6. The first-order valence-electron chi connectivity index (χ1n) is 7.73. The number of fused-ring (bicyclic) bond motifs is 1. The molecule has 2 aromatic rings. The van der Waals surface area contributed by atoms with Gasteiger partial charge in [0.2, 0.25) is 0 Å². The van der Waals surface area contributed by atoms with Gasteiger partial charge in [0, 0.05) is 16.3 Å². The van der Waals surface area contributed by atoms with Crippen molar-refractivity contribution in [3.05, 3.63) is 62.2 Å². The number of carbonyl (C=O) groups excluding carboxylic acids is 1. The Labute approximate surface area is 148 Å². The Morgan fingerprint density at radius 1 is 1.40 bits per heavy atom. The first-order chi connectivity index (χ1) is 11.9. The topological polar surface area (TPSA) is 110 Å². The Morgan fingerprint density at radius 2 is 2.12 bits per heavy atom. The number of esters is 1. The minimum Gasteiger partial charge on any atom is -0.463 e. The van der Waals surface area contributed by atoms with Crippen molar-refractivity contribution in [1.29, 1.82) is 0 Å². The summed E-state index contributed by atoms with van der Waals surface area (Å²) in [5.41, 5.74) is 7.55. The largest absolute Gasteiger partial charge is 0.463 e. The van der Waals surface area contributed by atoms with E-state index in [-0.39, 0.29) is 12.4 Å². The summed E-state index contributed by atoms with van der Waals surface area (Å²) in [4.78, 5) is 30.7. The highest BCUT2D eigenvalue weighted by atomic mass is 35.5. The van der Waals surface area contributed by atoms with Gasteiger partial charge in [-0.1, -0.05) is 29.8 Å². The van der Waals surface area contributed by atoms with Gasteiger partial charge in [-0.3, -0.25) is 4.98 Å². The molecule has 4 N–H and O–H groups in total. The van der Waals surface area contributed by atoms with Gasteiger partial charge >= 0.3 is 11.7 Å². The molecule has 0 aliphatic carbocycles. The summed E-state index contributed by atoms with van der Waals surface area (Å²) in [6.07, 6.45) is 0. The molecule has 0 spiro atoms. The van der Waals surface area contributed by atoms with Gasteiger partial charge in [0.15, 0.2) is 0 Å². The van der Waals surface area contributed by atoms with Crippen molar-refractivity contribution in [2.24, 2.45) is 0 Å². The molecule has 1 unspecified atom stereocenters. The summed E-state index contributed by atoms with van der Waals surface area (Å²) in [7, 11) is 0. The smallest absolute Gasteiger partial charge is 0.348 e. The standard InChI is InChI=1S/C17H17ClN4O3/c1-3-25-16(23)11-8(2)20-15-13(14(19)21-17(24)22-15)12(11)9-6-4-5-7-10(9)18/h4-7,12H,3H2,1-2H3,(H4,19,20,21,22,24). The van der Waals surface area contributed by atoms with Gasteiger partial charge in [0.05, 0.1) is 18.1 Å². The van der Waals surface area contributed by atoms with Crippen LogP contribution in [0.2, 0.25) is 5.02 Å². The molecule has 0 bridgehead atoms. The predicted molar refractivity (Wildman–Crippen MR) is 95.5 cm³/mol. The fraction of sp³-hybridized carbons (Fsp3) is 0.235. The number of nitrogen functional groups attached to an aromatic ring is 1. The number of nitrogens with two attached hydrogens (primary N) is 1. The highest BCUT2D eigenvalue weighted by Crippen LogP contribution is 2.44. The quantitative estimate of drug-likeness (QED) is 0.725. The lowest BCUT2D eigenvalue weighted by Crippen LogP contribution is -2.29. The van der Waals surface area contributed by atoms with Crippen LogP contribution in [-0.2, 0) is 9.53 Å². The van der Waals surface area contributed by atoms with E-state index in [1.807, 2.05) is 6.07 Å². The number of H-pyrrole nitrogens is 1. The molecule has 2 heterocycles. The number of benzene rings is 1. The number of ether oxygens (including phenoxy) is 1. The van der Waals surface area contributed by atoms with Gasteiger partial charge in [-0.15, -0.1) is 0 Å². The molecular weight excluding hydrogens is 344 g/mol. The van der Waals surface area contributed by atoms with E-state index in [1.165, 1.54) is 0 Å². The molecule has 25 heavy (non-hydrogen) atoms. The molecular formula is C17H17ClN4O3. The molecule has 130 valence electrons. The molecule has 0 amide bonds. The average molecular weight is 361 g/mol. The second-order valence-electron chi connectivity index (χ2n) is 5.56. The maximum Gasteiger partial charge on any atom is 0.348 e. The number of allylic oxidation sites excluding steroid dienone is 1. The Kier molecular flexibility index (Phi) is 4.50. The first kappa shape index (κ1) is 17.0. The van der Waals surface area contributed by atoms with Crippen LogP contribution >= 0.6 is 11.6 Å². The summed E-state index contributed by atoms with van der Waals surface area (Å²) in [6.45, 7) is 3.69. The molecule has 0 saturated heterocycles. The molecule has 8 heteroatoms. The second kappa shape index (κ2) is 6.60. The zero-order chi connectivity index (χ0) is 18.1. The van der Waals surface area contributed by atoms with E-state index < -0.39 is 17.6 Å². The summed E-state index contributed by atoms with van der Waals surface area (Å²) < 4.78 is 5.21. The number of hydrogen-bond donors (Lipinski definition) is 3. The fourth-order valence-corrected chi connectivity index (χ4v) is 3.24. The van der Waals surface area contributed by atoms with Crippen molar-refractivity contribution in [1.82, 2.24) is 9.97 Å². The number of carbonyl (C=O) groups is 1. The van der Waals surface area contributed by atoms with Gasteiger partial charge in [0.1, 0.15) is 11.6 Å². The lowest BCUT2D eigenvalue weighted by atomic mass is 9.82. The van der Waals surface area contributed by atoms with Crippen molar-refractivity contribution in [3.8, 4) is 0 Å². The summed E-state index contributed by atoms with van der Waals surface area (Å²) in [5.74, 6) is -0.652. The van der Waals surface area contributed by atoms with Crippen molar-refractivity contribution in [2.45, 2.75) is 19.8 Å². The monoisotopic (exact) mass is 360 g/mol. The molecule has 1 aromatic heterocycles. The van der Waals surface area contributed by atoms with E-state index in [1.54, 1.807) is 32.0 Å². The first-order valence-corrected chi connectivity index (χ1v) is 8.10. The third-order valence-corrected chi connectivity index (χ3v) is 4.34. The number of anilines is 2. The number of nitrogens with one attached hydrogen (secondary N) is 2. The zero-order valence-electron chi connectivity index (χ0n) is 13.7. The van der Waals surface area contributed by atoms with E-state index >= 15 is 0 Å². The molecule has 1 atom stereocenters. The highest BCUT2D eigenvalue weighted by Gasteiger charge is 2.36. The summed E-state index contributed by atoms with van der Waals surface area (Å²) in [6, 6.07) is 7.14. The Balaban J connectivity index is 2.30. The van der Waals surface area contributed by atoms with E-state index in [0.29, 0.717) is 33.2 Å². The highest BCUT2D eigenvalue weighted by molar-refractivity contribution is 6.31. The van der Waals surface area contributed by atoms with Crippen LogP contribution < -0.4 is 16.7 Å². The lowest BCUT2D eigenvalue weighted by Gasteiger charge is -2.30. The Morgan fingerprint density at radius 3 is 2.80 bits per heavy atom. The van der Waals surface area contributed by atoms with Crippen LogP contribution in [0.25, 0.3) is 0 Å². The third kappa shape index (κ3) is 2.98. The Bertz CT molecular complexity index is 936. The molecule has 0 saturated carbocycles. The predicted octanol–water partition coefficient (Wildman–Crippen LogP) is 2.40. The molecule has 7 nitrogen and oxygen atoms in total. The number of aromatic nitrogens is 2. The van der Waals surface area contributed by atoms with E-state index in [9.17, 15) is 9.59 Å². The van der Waals surface area contributed by atoms with Gasteiger partial charge in [0.25, 0.3) is 0 Å². The average Bonchev–Trinajstić information content (AvgIpc) is 2.53. The molecule has 0 fully saturated rings. The summed E-state index contributed by atoms with van der Waals surface area (Å²) >= 11 is 6.37. The van der Waals surface area contributed by atoms with Crippen molar-refractivity contribution in [2.75, 3.05) is 17.7 Å². The number of halogens is 1. The molecule has 1 aromatic carbocycles. The second-order valence-corrected chi connectivity index (χ2v) is 5.96. The Hall–Kier alpha value is -2.80. The third-order valence-electron chi connectivity index (χ3n) is 4.00. The molecule has 1 aliphatic heterocycles. The van der Waals surface area contributed by atoms with Crippen LogP contribution in [0, 0.1) is 0 Å². The molecule has 1 aliphatic rings. The van der Waals surface area contributed by atoms with E-state index in [0.717, 1.165) is 0 Å². The fourth-order valence-electron chi connectivity index (χ4n) is 2.99. The van der Waals surface area contributed by atoms with Gasteiger partial charge in [-0.2, -0.15) is 4.98 Å². The zero-order valence-corrected chi connectivity index (χ0v) is 14.5. The minimum atomic E-state index is -0.603. The maximum atomic E-state index is 12.6.